The van der Waals surface area contributed by atoms with Crippen LogP contribution in [0.5, 0.6) is 5.75 Å². The van der Waals surface area contributed by atoms with Crippen molar-refractivity contribution in [1.82, 2.24) is 4.98 Å². The van der Waals surface area contributed by atoms with Crippen LogP contribution in [0.25, 0.3) is 5.76 Å². The SMILES string of the molecule is COc1ccc(C(O)=C2C(=O)C(=O)N(c3nc(C)c(C(C)=O)s3)[C@@H]2c2ccc(C)cc2)cc1. The summed E-state index contributed by atoms with van der Waals surface area (Å²) in [5.41, 5.74) is 2.49. The fourth-order valence-electron chi connectivity index (χ4n) is 3.81. The summed E-state index contributed by atoms with van der Waals surface area (Å²) < 4.78 is 5.16. The molecule has 1 fully saturated rings. The van der Waals surface area contributed by atoms with Crippen LogP contribution in [-0.4, -0.2) is 34.7 Å². The second-order valence-corrected chi connectivity index (χ2v) is 8.75. The summed E-state index contributed by atoms with van der Waals surface area (Å²) in [7, 11) is 1.53. The number of amides is 1. The lowest BCUT2D eigenvalue weighted by Gasteiger charge is -2.23. The van der Waals surface area contributed by atoms with Gasteiger partial charge in [-0.05, 0) is 43.7 Å². The number of benzene rings is 2. The second-order valence-electron chi connectivity index (χ2n) is 7.78. The van der Waals surface area contributed by atoms with Crippen LogP contribution < -0.4 is 9.64 Å². The number of nitrogens with zero attached hydrogens (tertiary/aromatic N) is 2. The van der Waals surface area contributed by atoms with Crippen molar-refractivity contribution in [3.05, 3.63) is 81.4 Å². The van der Waals surface area contributed by atoms with Crippen molar-refractivity contribution in [3.8, 4) is 5.75 Å². The third kappa shape index (κ3) is 3.93. The molecule has 0 saturated carbocycles. The molecule has 0 radical (unpaired) electrons. The maximum Gasteiger partial charge on any atom is 0.301 e. The first-order valence-electron chi connectivity index (χ1n) is 10.2. The molecular weight excluding hydrogens is 440 g/mol. The number of hydrogen-bond donors (Lipinski definition) is 1. The van der Waals surface area contributed by atoms with Crippen LogP contribution in [0.2, 0.25) is 0 Å². The Morgan fingerprint density at radius 1 is 1.06 bits per heavy atom. The molecule has 2 heterocycles. The van der Waals surface area contributed by atoms with Crippen LogP contribution in [0.1, 0.15) is 45.0 Å². The number of carbonyl (C=O) groups is 3. The number of aliphatic hydroxyl groups is 1. The molecule has 1 saturated heterocycles. The Balaban J connectivity index is 1.92. The van der Waals surface area contributed by atoms with E-state index < -0.39 is 17.7 Å². The number of thiazole rings is 1. The van der Waals surface area contributed by atoms with E-state index >= 15 is 0 Å². The average Bonchev–Trinajstić information content (AvgIpc) is 3.31. The van der Waals surface area contributed by atoms with Gasteiger partial charge in [0, 0.05) is 12.5 Å². The van der Waals surface area contributed by atoms with Gasteiger partial charge in [-0.3, -0.25) is 19.3 Å². The quantitative estimate of drug-likeness (QED) is 0.258. The van der Waals surface area contributed by atoms with E-state index in [1.807, 2.05) is 31.2 Å². The van der Waals surface area contributed by atoms with Crippen LogP contribution in [0.15, 0.2) is 54.1 Å². The largest absolute Gasteiger partial charge is 0.507 e. The molecule has 4 rings (SSSR count). The molecule has 1 aromatic heterocycles. The van der Waals surface area contributed by atoms with E-state index in [2.05, 4.69) is 4.98 Å². The zero-order valence-corrected chi connectivity index (χ0v) is 19.4. The zero-order chi connectivity index (χ0) is 23.9. The minimum Gasteiger partial charge on any atom is -0.507 e. The molecule has 0 spiro atoms. The van der Waals surface area contributed by atoms with Gasteiger partial charge in [0.15, 0.2) is 10.9 Å². The molecule has 7 nitrogen and oxygen atoms in total. The first kappa shape index (κ1) is 22.4. The summed E-state index contributed by atoms with van der Waals surface area (Å²) in [6.45, 7) is 5.05. The number of ketones is 2. The molecule has 168 valence electrons. The van der Waals surface area contributed by atoms with Gasteiger partial charge in [-0.1, -0.05) is 41.2 Å². The highest BCUT2D eigenvalue weighted by atomic mass is 32.1. The summed E-state index contributed by atoms with van der Waals surface area (Å²) in [6.07, 6.45) is 0. The van der Waals surface area contributed by atoms with Crippen molar-refractivity contribution >= 4 is 39.7 Å². The number of aliphatic hydroxyl groups excluding tert-OH is 1. The summed E-state index contributed by atoms with van der Waals surface area (Å²) in [4.78, 5) is 44.4. The van der Waals surface area contributed by atoms with Crippen molar-refractivity contribution in [1.29, 1.82) is 0 Å². The highest BCUT2D eigenvalue weighted by Gasteiger charge is 2.48. The van der Waals surface area contributed by atoms with E-state index in [4.69, 9.17) is 4.74 Å². The van der Waals surface area contributed by atoms with Crippen molar-refractivity contribution in [3.63, 3.8) is 0 Å². The molecule has 1 aliphatic rings. The molecule has 3 aromatic rings. The van der Waals surface area contributed by atoms with Gasteiger partial charge >= 0.3 is 5.91 Å². The van der Waals surface area contributed by atoms with E-state index in [1.54, 1.807) is 31.2 Å². The number of Topliss-reactive ketones (excluding diaryl/α,β-unsaturated/α-hetero) is 2. The number of anilines is 1. The molecule has 2 aromatic carbocycles. The maximum absolute atomic E-state index is 13.2. The lowest BCUT2D eigenvalue weighted by atomic mass is 9.95. The first-order chi connectivity index (χ1) is 15.7. The molecule has 1 amide bonds. The normalized spacial score (nSPS) is 17.5. The number of rotatable bonds is 5. The lowest BCUT2D eigenvalue weighted by molar-refractivity contribution is -0.132. The van der Waals surface area contributed by atoms with Crippen molar-refractivity contribution in [2.45, 2.75) is 26.8 Å². The van der Waals surface area contributed by atoms with Gasteiger partial charge in [0.1, 0.15) is 11.5 Å². The lowest BCUT2D eigenvalue weighted by Crippen LogP contribution is -2.29. The monoisotopic (exact) mass is 462 g/mol. The summed E-state index contributed by atoms with van der Waals surface area (Å²) >= 11 is 1.06. The van der Waals surface area contributed by atoms with Crippen molar-refractivity contribution in [2.24, 2.45) is 0 Å². The standard InChI is InChI=1S/C25H22N2O5S/c1-13-5-7-16(8-6-13)20-19(21(29)17-9-11-18(32-4)12-10-17)22(30)24(31)27(20)25-26-14(2)23(33-25)15(3)28/h5-12,20,29H,1-4H3/t20-/m1/s1. The fourth-order valence-corrected chi connectivity index (χ4v) is 4.80. The number of hydrogen-bond acceptors (Lipinski definition) is 7. The maximum atomic E-state index is 13.2. The number of aryl methyl sites for hydroxylation is 2. The third-order valence-electron chi connectivity index (χ3n) is 5.51. The average molecular weight is 463 g/mol. The first-order valence-corrected chi connectivity index (χ1v) is 11.0. The third-order valence-corrected chi connectivity index (χ3v) is 6.77. The van der Waals surface area contributed by atoms with E-state index in [1.165, 1.54) is 18.9 Å². The van der Waals surface area contributed by atoms with Crippen LogP contribution in [0, 0.1) is 13.8 Å². The summed E-state index contributed by atoms with van der Waals surface area (Å²) in [5.74, 6) is -1.48. The second kappa shape index (κ2) is 8.63. The van der Waals surface area contributed by atoms with Crippen LogP contribution in [0.3, 0.4) is 0 Å². The predicted molar refractivity (Wildman–Crippen MR) is 126 cm³/mol. The topological polar surface area (TPSA) is 96.8 Å². The van der Waals surface area contributed by atoms with Gasteiger partial charge in [-0.25, -0.2) is 4.98 Å². The number of carbonyl (C=O) groups excluding carboxylic acids is 3. The van der Waals surface area contributed by atoms with Crippen molar-refractivity contribution in [2.75, 3.05) is 12.0 Å². The van der Waals surface area contributed by atoms with E-state index in [-0.39, 0.29) is 22.2 Å². The van der Waals surface area contributed by atoms with Crippen LogP contribution in [0.4, 0.5) is 5.13 Å². The van der Waals surface area contributed by atoms with Gasteiger partial charge in [-0.15, -0.1) is 0 Å². The molecular formula is C25H22N2O5S. The Hall–Kier alpha value is -3.78. The number of ether oxygens (including phenoxy) is 1. The molecule has 8 heteroatoms. The van der Waals surface area contributed by atoms with E-state index in [0.29, 0.717) is 27.4 Å². The van der Waals surface area contributed by atoms with Gasteiger partial charge in [0.25, 0.3) is 5.78 Å². The summed E-state index contributed by atoms with van der Waals surface area (Å²) in [5, 5.41) is 11.4. The molecule has 0 unspecified atom stereocenters. The minimum absolute atomic E-state index is 0.0359. The minimum atomic E-state index is -0.891. The molecule has 0 aliphatic carbocycles. The highest BCUT2D eigenvalue weighted by molar-refractivity contribution is 7.18. The highest BCUT2D eigenvalue weighted by Crippen LogP contribution is 2.44. The Kier molecular flexibility index (Phi) is 5.86. The molecule has 0 bridgehead atoms. The van der Waals surface area contributed by atoms with Gasteiger partial charge in [-0.2, -0.15) is 0 Å². The van der Waals surface area contributed by atoms with E-state index in [9.17, 15) is 19.5 Å². The van der Waals surface area contributed by atoms with Crippen molar-refractivity contribution < 1.29 is 24.2 Å². The van der Waals surface area contributed by atoms with E-state index in [0.717, 1.165) is 16.9 Å². The summed E-state index contributed by atoms with van der Waals surface area (Å²) in [6, 6.07) is 13.0. The Morgan fingerprint density at radius 3 is 2.24 bits per heavy atom. The van der Waals surface area contributed by atoms with Crippen LogP contribution in [-0.2, 0) is 9.59 Å². The number of aromatic nitrogens is 1. The molecule has 1 N–H and O–H groups in total. The Morgan fingerprint density at radius 2 is 1.70 bits per heavy atom. The molecule has 1 aliphatic heterocycles. The zero-order valence-electron chi connectivity index (χ0n) is 18.6. The Bertz CT molecular complexity index is 1290. The predicted octanol–water partition coefficient (Wildman–Crippen LogP) is 4.60. The van der Waals surface area contributed by atoms with Gasteiger partial charge < -0.3 is 9.84 Å². The van der Waals surface area contributed by atoms with Crippen LogP contribution >= 0.6 is 11.3 Å². The molecule has 33 heavy (non-hydrogen) atoms. The fraction of sp³-hybridized carbons (Fsp3) is 0.200. The number of methoxy groups -OCH3 is 1. The molecule has 1 atom stereocenters. The smallest absolute Gasteiger partial charge is 0.301 e. The van der Waals surface area contributed by atoms with Gasteiger partial charge in [0.05, 0.1) is 29.3 Å². The van der Waals surface area contributed by atoms with Gasteiger partial charge in [0.2, 0.25) is 0 Å². The Labute approximate surface area is 195 Å².